The molecule has 0 saturated carbocycles. The second kappa shape index (κ2) is 14.3. The third-order valence-corrected chi connectivity index (χ3v) is 6.22. The van der Waals surface area contributed by atoms with Gasteiger partial charge in [-0.05, 0) is 59.4 Å². The zero-order valence-corrected chi connectivity index (χ0v) is 22.7. The first kappa shape index (κ1) is 31.3. The smallest absolute Gasteiger partial charge is 0.446 e. The minimum Gasteiger partial charge on any atom is -0.497 e. The number of halogens is 3. The van der Waals surface area contributed by atoms with Crippen molar-refractivity contribution < 1.29 is 46.8 Å². The van der Waals surface area contributed by atoms with Crippen molar-refractivity contribution in [1.29, 1.82) is 0 Å². The molecule has 4 rings (SSSR count). The Hall–Kier alpha value is -3.92. The standard InChI is InChI=1S/C26H28O5.C2HF3O.CH4O/c1-27-19-8-6-16(7-9-19)23-13-18-12-22(30-4)15-24(31-5)26(18)25(23)17-10-20(28-2)14-21(11-17)29-3;3-2(4,5)1-6;1-2/h6-12,14-15,23,25H,13H2,1-5H3;1H;2H,1H3/t23?,25-;;/m1../s1. The van der Waals surface area contributed by atoms with Gasteiger partial charge in [-0.25, -0.2) is 0 Å². The van der Waals surface area contributed by atoms with E-state index >= 15 is 0 Å². The molecule has 3 aromatic rings. The van der Waals surface area contributed by atoms with Gasteiger partial charge in [0.25, 0.3) is 0 Å². The van der Waals surface area contributed by atoms with E-state index in [-0.39, 0.29) is 11.8 Å². The monoisotopic (exact) mass is 550 g/mol. The molecule has 0 heterocycles. The van der Waals surface area contributed by atoms with Crippen molar-refractivity contribution in [1.82, 2.24) is 0 Å². The van der Waals surface area contributed by atoms with E-state index in [2.05, 4.69) is 30.3 Å². The summed E-state index contributed by atoms with van der Waals surface area (Å²) in [7, 11) is 9.42. The molecule has 0 bridgehead atoms. The normalized spacial score (nSPS) is 15.4. The number of aliphatic hydroxyl groups is 1. The zero-order chi connectivity index (χ0) is 29.2. The van der Waals surface area contributed by atoms with Crippen molar-refractivity contribution >= 4 is 6.29 Å². The Morgan fingerprint density at radius 1 is 0.718 bits per heavy atom. The average molecular weight is 551 g/mol. The predicted octanol–water partition coefficient (Wildman–Crippen LogP) is 5.56. The molecule has 0 aromatic heterocycles. The molecule has 3 aromatic carbocycles. The van der Waals surface area contributed by atoms with Crippen molar-refractivity contribution in [2.45, 2.75) is 24.4 Å². The minimum absolute atomic E-state index is 0.0771. The molecule has 0 spiro atoms. The summed E-state index contributed by atoms with van der Waals surface area (Å²) in [5.41, 5.74) is 4.77. The van der Waals surface area contributed by atoms with Gasteiger partial charge in [0.1, 0.15) is 28.7 Å². The number of aldehydes is 1. The Labute approximate surface area is 226 Å². The minimum atomic E-state index is -4.64. The third-order valence-electron chi connectivity index (χ3n) is 6.22. The van der Waals surface area contributed by atoms with Crippen molar-refractivity contribution in [3.63, 3.8) is 0 Å². The van der Waals surface area contributed by atoms with Gasteiger partial charge < -0.3 is 28.8 Å². The lowest BCUT2D eigenvalue weighted by molar-refractivity contribution is -0.156. The molecule has 0 radical (unpaired) electrons. The van der Waals surface area contributed by atoms with Gasteiger partial charge in [-0.2, -0.15) is 13.2 Å². The first-order valence-electron chi connectivity index (χ1n) is 11.8. The number of rotatable bonds is 7. The van der Waals surface area contributed by atoms with Crippen molar-refractivity contribution in [2.24, 2.45) is 0 Å². The van der Waals surface area contributed by atoms with Crippen LogP contribution < -0.4 is 23.7 Å². The van der Waals surface area contributed by atoms with Crippen LogP contribution in [0.15, 0.2) is 54.6 Å². The SMILES string of the molecule is CO.COc1ccc(C2Cc3cc(OC)cc(OC)c3[C@@H]2c2cc(OC)cc(OC)c2)cc1.O=CC(F)(F)F. The number of aliphatic hydroxyl groups excluding tert-OH is 1. The second-order valence-electron chi connectivity index (χ2n) is 8.27. The molecule has 1 unspecified atom stereocenters. The number of benzene rings is 3. The molecule has 10 heteroatoms. The number of ether oxygens (including phenoxy) is 5. The molecule has 7 nitrogen and oxygen atoms in total. The van der Waals surface area contributed by atoms with E-state index in [4.69, 9.17) is 33.6 Å². The van der Waals surface area contributed by atoms with Crippen LogP contribution in [0, 0.1) is 0 Å². The average Bonchev–Trinajstić information content (AvgIpc) is 3.36. The van der Waals surface area contributed by atoms with Crippen LogP contribution in [-0.2, 0) is 11.2 Å². The summed E-state index contributed by atoms with van der Waals surface area (Å²) in [6.45, 7) is 0. The van der Waals surface area contributed by atoms with Crippen LogP contribution in [-0.4, -0.2) is 60.2 Å². The highest BCUT2D eigenvalue weighted by Gasteiger charge is 2.38. The summed E-state index contributed by atoms with van der Waals surface area (Å²) < 4.78 is 59.1. The lowest BCUT2D eigenvalue weighted by atomic mass is 9.81. The molecule has 0 aliphatic heterocycles. The molecule has 1 aliphatic rings. The van der Waals surface area contributed by atoms with E-state index in [0.29, 0.717) is 0 Å². The van der Waals surface area contributed by atoms with Crippen LogP contribution in [0.25, 0.3) is 0 Å². The van der Waals surface area contributed by atoms with Gasteiger partial charge in [-0.1, -0.05) is 12.1 Å². The number of alkyl halides is 3. The highest BCUT2D eigenvalue weighted by atomic mass is 19.4. The van der Waals surface area contributed by atoms with Crippen LogP contribution in [0.3, 0.4) is 0 Å². The molecule has 0 amide bonds. The summed E-state index contributed by atoms with van der Waals surface area (Å²) in [6, 6.07) is 18.5. The van der Waals surface area contributed by atoms with Crippen LogP contribution >= 0.6 is 0 Å². The van der Waals surface area contributed by atoms with Crippen LogP contribution in [0.4, 0.5) is 13.2 Å². The highest BCUT2D eigenvalue weighted by Crippen LogP contribution is 2.53. The molecule has 1 N–H and O–H groups in total. The number of fused-ring (bicyclic) bond motifs is 1. The van der Waals surface area contributed by atoms with Crippen molar-refractivity contribution in [3.8, 4) is 28.7 Å². The van der Waals surface area contributed by atoms with E-state index < -0.39 is 12.5 Å². The maximum absolute atomic E-state index is 10.4. The van der Waals surface area contributed by atoms with E-state index in [1.165, 1.54) is 16.7 Å². The maximum atomic E-state index is 10.4. The Morgan fingerprint density at radius 2 is 1.21 bits per heavy atom. The molecule has 39 heavy (non-hydrogen) atoms. The number of methoxy groups -OCH3 is 5. The summed E-state index contributed by atoms with van der Waals surface area (Å²) in [5.74, 6) is 4.31. The predicted molar refractivity (Wildman–Crippen MR) is 141 cm³/mol. The van der Waals surface area contributed by atoms with Gasteiger partial charge in [0.2, 0.25) is 6.29 Å². The van der Waals surface area contributed by atoms with Gasteiger partial charge in [-0.3, -0.25) is 4.79 Å². The third kappa shape index (κ3) is 7.79. The summed E-state index contributed by atoms with van der Waals surface area (Å²) in [4.78, 5) is 8.70. The number of hydrogen-bond acceptors (Lipinski definition) is 7. The Bertz CT molecular complexity index is 1190. The fourth-order valence-electron chi connectivity index (χ4n) is 4.59. The zero-order valence-electron chi connectivity index (χ0n) is 22.7. The molecule has 0 saturated heterocycles. The van der Waals surface area contributed by atoms with Gasteiger partial charge >= 0.3 is 6.18 Å². The Morgan fingerprint density at radius 3 is 1.64 bits per heavy atom. The van der Waals surface area contributed by atoms with Crippen molar-refractivity contribution in [2.75, 3.05) is 42.7 Å². The highest BCUT2D eigenvalue weighted by molar-refractivity contribution is 5.59. The van der Waals surface area contributed by atoms with Crippen molar-refractivity contribution in [3.05, 3.63) is 76.9 Å². The lowest BCUT2D eigenvalue weighted by Crippen LogP contribution is -2.09. The van der Waals surface area contributed by atoms with Crippen LogP contribution in [0.2, 0.25) is 0 Å². The first-order valence-corrected chi connectivity index (χ1v) is 11.8. The largest absolute Gasteiger partial charge is 0.497 e. The van der Waals surface area contributed by atoms with E-state index in [0.717, 1.165) is 47.8 Å². The summed E-state index contributed by atoms with van der Waals surface area (Å²) in [6.07, 6.45) is -4.83. The number of carbonyl (C=O) groups excluding carboxylic acids is 1. The lowest BCUT2D eigenvalue weighted by Gasteiger charge is -2.24. The van der Waals surface area contributed by atoms with Crippen LogP contribution in [0.5, 0.6) is 28.7 Å². The van der Waals surface area contributed by atoms with Gasteiger partial charge in [0.05, 0.1) is 35.5 Å². The summed E-state index contributed by atoms with van der Waals surface area (Å²) in [5, 5.41) is 7.00. The molecule has 1 aliphatic carbocycles. The fourth-order valence-corrected chi connectivity index (χ4v) is 4.59. The second-order valence-corrected chi connectivity index (χ2v) is 8.27. The Kier molecular flexibility index (Phi) is 11.5. The maximum Gasteiger partial charge on any atom is 0.446 e. The van der Waals surface area contributed by atoms with Crippen LogP contribution in [0.1, 0.15) is 34.1 Å². The molecule has 212 valence electrons. The summed E-state index contributed by atoms with van der Waals surface area (Å²) >= 11 is 0. The van der Waals surface area contributed by atoms with Gasteiger partial charge in [-0.15, -0.1) is 0 Å². The molecular formula is C29H33F3O7. The first-order chi connectivity index (χ1) is 18.7. The number of hydrogen-bond donors (Lipinski definition) is 1. The quantitative estimate of drug-likeness (QED) is 0.386. The molecule has 2 atom stereocenters. The van der Waals surface area contributed by atoms with Gasteiger partial charge in [0.15, 0.2) is 0 Å². The van der Waals surface area contributed by atoms with E-state index in [1.807, 2.05) is 24.3 Å². The number of carbonyl (C=O) groups is 1. The molecule has 0 fully saturated rings. The van der Waals surface area contributed by atoms with E-state index in [1.54, 1.807) is 35.5 Å². The topological polar surface area (TPSA) is 83.5 Å². The molecular weight excluding hydrogens is 517 g/mol. The fraction of sp³-hybridized carbons (Fsp3) is 0.345. The van der Waals surface area contributed by atoms with Gasteiger partial charge in [0, 0.05) is 30.7 Å². The van der Waals surface area contributed by atoms with E-state index in [9.17, 15) is 13.2 Å². The Balaban J connectivity index is 0.000000590.